The second-order valence-electron chi connectivity index (χ2n) is 2.98. The highest BCUT2D eigenvalue weighted by Gasteiger charge is 1.88. The molecular formula is C11H22O4. The van der Waals surface area contributed by atoms with Gasteiger partial charge < -0.3 is 19.3 Å². The predicted octanol–water partition coefficient (Wildman–Crippen LogP) is 1.34. The zero-order valence-electron chi connectivity index (χ0n) is 9.48. The number of aliphatic hydroxyl groups is 1. The Bertz CT molecular complexity index is 137. The van der Waals surface area contributed by atoms with E-state index >= 15 is 0 Å². The van der Waals surface area contributed by atoms with Crippen LogP contribution < -0.4 is 0 Å². The molecule has 0 saturated heterocycles. The average molecular weight is 218 g/mol. The van der Waals surface area contributed by atoms with Gasteiger partial charge >= 0.3 is 0 Å². The van der Waals surface area contributed by atoms with Gasteiger partial charge in [-0.15, -0.1) is 0 Å². The highest BCUT2D eigenvalue weighted by molar-refractivity contribution is 4.71. The Kier molecular flexibility index (Phi) is 12.9. The molecule has 0 aromatic heterocycles. The first-order valence-corrected chi connectivity index (χ1v) is 5.44. The minimum absolute atomic E-state index is 0.0608. The van der Waals surface area contributed by atoms with Crippen LogP contribution in [0.15, 0.2) is 12.3 Å². The lowest BCUT2D eigenvalue weighted by atomic mass is 10.3. The lowest BCUT2D eigenvalue weighted by molar-refractivity contribution is 0.0202. The molecule has 1 N–H and O–H groups in total. The van der Waals surface area contributed by atoms with E-state index in [1.165, 1.54) is 0 Å². The van der Waals surface area contributed by atoms with Crippen molar-refractivity contribution in [2.45, 2.75) is 19.8 Å². The third-order valence-electron chi connectivity index (χ3n) is 1.60. The van der Waals surface area contributed by atoms with Gasteiger partial charge in [0.2, 0.25) is 0 Å². The Morgan fingerprint density at radius 2 is 1.67 bits per heavy atom. The van der Waals surface area contributed by atoms with Crippen molar-refractivity contribution in [3.8, 4) is 0 Å². The lowest BCUT2D eigenvalue weighted by Gasteiger charge is -2.04. The van der Waals surface area contributed by atoms with Crippen LogP contribution in [0.25, 0.3) is 0 Å². The first kappa shape index (κ1) is 14.4. The van der Waals surface area contributed by atoms with Crippen molar-refractivity contribution in [2.75, 3.05) is 39.6 Å². The van der Waals surface area contributed by atoms with Crippen molar-refractivity contribution in [3.63, 3.8) is 0 Å². The van der Waals surface area contributed by atoms with Gasteiger partial charge in [0.15, 0.2) is 0 Å². The van der Waals surface area contributed by atoms with Crippen molar-refractivity contribution < 1.29 is 19.3 Å². The third kappa shape index (κ3) is 13.4. The van der Waals surface area contributed by atoms with Crippen LogP contribution in [0.3, 0.4) is 0 Å². The van der Waals surface area contributed by atoms with E-state index in [0.29, 0.717) is 33.0 Å². The number of ether oxygens (including phenoxy) is 3. The maximum absolute atomic E-state index is 8.42. The molecule has 15 heavy (non-hydrogen) atoms. The molecule has 0 unspecified atom stereocenters. The summed E-state index contributed by atoms with van der Waals surface area (Å²) in [6.07, 6.45) is 5.91. The standard InChI is InChI=1S/C11H22O4/c1-2-3-4-6-13-8-10-15-11-9-14-7-5-12/h4,6,12H,2-3,5,7-11H2,1H3. The van der Waals surface area contributed by atoms with E-state index in [1.54, 1.807) is 6.26 Å². The minimum atomic E-state index is 0.0608. The maximum Gasteiger partial charge on any atom is 0.111 e. The number of allylic oxidation sites excluding steroid dienone is 1. The van der Waals surface area contributed by atoms with Gasteiger partial charge in [-0.2, -0.15) is 0 Å². The fourth-order valence-corrected chi connectivity index (χ4v) is 0.864. The van der Waals surface area contributed by atoms with Gasteiger partial charge in [0.1, 0.15) is 6.61 Å². The molecule has 4 nitrogen and oxygen atoms in total. The summed E-state index contributed by atoms with van der Waals surface area (Å²) in [4.78, 5) is 0. The number of aliphatic hydroxyl groups excluding tert-OH is 1. The summed E-state index contributed by atoms with van der Waals surface area (Å²) in [5, 5.41) is 8.42. The summed E-state index contributed by atoms with van der Waals surface area (Å²) in [7, 11) is 0. The predicted molar refractivity (Wildman–Crippen MR) is 58.7 cm³/mol. The Morgan fingerprint density at radius 3 is 2.33 bits per heavy atom. The van der Waals surface area contributed by atoms with E-state index in [4.69, 9.17) is 19.3 Å². The summed E-state index contributed by atoms with van der Waals surface area (Å²) in [5.74, 6) is 0. The molecule has 0 saturated carbocycles. The summed E-state index contributed by atoms with van der Waals surface area (Å²) < 4.78 is 15.4. The first-order valence-electron chi connectivity index (χ1n) is 5.44. The highest BCUT2D eigenvalue weighted by Crippen LogP contribution is 1.89. The summed E-state index contributed by atoms with van der Waals surface area (Å²) >= 11 is 0. The third-order valence-corrected chi connectivity index (χ3v) is 1.60. The van der Waals surface area contributed by atoms with Crippen LogP contribution in [0.1, 0.15) is 19.8 Å². The zero-order valence-corrected chi connectivity index (χ0v) is 9.48. The smallest absolute Gasteiger partial charge is 0.111 e. The molecule has 0 amide bonds. The number of unbranched alkanes of at least 4 members (excludes halogenated alkanes) is 1. The molecule has 0 spiro atoms. The number of rotatable bonds is 11. The summed E-state index contributed by atoms with van der Waals surface area (Å²) in [6, 6.07) is 0. The molecule has 0 atom stereocenters. The molecule has 0 aromatic carbocycles. The van der Waals surface area contributed by atoms with E-state index in [2.05, 4.69) is 6.92 Å². The summed E-state index contributed by atoms with van der Waals surface area (Å²) in [5.41, 5.74) is 0. The molecule has 0 aliphatic carbocycles. The fraction of sp³-hybridized carbons (Fsp3) is 0.818. The normalized spacial score (nSPS) is 11.1. The van der Waals surface area contributed by atoms with E-state index < -0.39 is 0 Å². The van der Waals surface area contributed by atoms with Crippen molar-refractivity contribution in [3.05, 3.63) is 12.3 Å². The van der Waals surface area contributed by atoms with Gasteiger partial charge in [-0.25, -0.2) is 0 Å². The molecule has 0 radical (unpaired) electrons. The van der Waals surface area contributed by atoms with E-state index in [9.17, 15) is 0 Å². The second kappa shape index (κ2) is 13.4. The largest absolute Gasteiger partial charge is 0.499 e. The molecule has 0 bridgehead atoms. The van der Waals surface area contributed by atoms with Gasteiger partial charge in [0.25, 0.3) is 0 Å². The molecule has 0 rings (SSSR count). The second-order valence-corrected chi connectivity index (χ2v) is 2.98. The number of hydrogen-bond acceptors (Lipinski definition) is 4. The Labute approximate surface area is 91.8 Å². The van der Waals surface area contributed by atoms with Crippen molar-refractivity contribution in [1.82, 2.24) is 0 Å². The molecular weight excluding hydrogens is 196 g/mol. The topological polar surface area (TPSA) is 47.9 Å². The van der Waals surface area contributed by atoms with Gasteiger partial charge in [-0.3, -0.25) is 0 Å². The number of hydrogen-bond donors (Lipinski definition) is 1. The van der Waals surface area contributed by atoms with Crippen molar-refractivity contribution in [1.29, 1.82) is 0 Å². The van der Waals surface area contributed by atoms with E-state index in [-0.39, 0.29) is 6.61 Å². The van der Waals surface area contributed by atoms with Crippen molar-refractivity contribution in [2.24, 2.45) is 0 Å². The molecule has 0 fully saturated rings. The van der Waals surface area contributed by atoms with Crippen LogP contribution in [0, 0.1) is 0 Å². The zero-order chi connectivity index (χ0) is 11.2. The van der Waals surface area contributed by atoms with Gasteiger partial charge in [-0.05, 0) is 12.5 Å². The van der Waals surface area contributed by atoms with Crippen LogP contribution >= 0.6 is 0 Å². The van der Waals surface area contributed by atoms with E-state index in [1.807, 2.05) is 6.08 Å². The van der Waals surface area contributed by atoms with Crippen LogP contribution in [-0.2, 0) is 14.2 Å². The SMILES string of the molecule is CCCC=COCCOCCOCCO. The molecule has 4 heteroatoms. The van der Waals surface area contributed by atoms with E-state index in [0.717, 1.165) is 12.8 Å². The highest BCUT2D eigenvalue weighted by atomic mass is 16.5. The monoisotopic (exact) mass is 218 g/mol. The molecule has 0 aromatic rings. The molecule has 0 aliphatic heterocycles. The van der Waals surface area contributed by atoms with Crippen LogP contribution in [0.2, 0.25) is 0 Å². The quantitative estimate of drug-likeness (QED) is 0.420. The lowest BCUT2D eigenvalue weighted by Crippen LogP contribution is -2.09. The maximum atomic E-state index is 8.42. The molecule has 90 valence electrons. The molecule has 0 heterocycles. The Morgan fingerprint density at radius 1 is 1.00 bits per heavy atom. The summed E-state index contributed by atoms with van der Waals surface area (Å²) in [6.45, 7) is 4.76. The van der Waals surface area contributed by atoms with Gasteiger partial charge in [-0.1, -0.05) is 13.3 Å². The fourth-order valence-electron chi connectivity index (χ4n) is 0.864. The van der Waals surface area contributed by atoms with Crippen LogP contribution in [0.5, 0.6) is 0 Å². The van der Waals surface area contributed by atoms with Crippen LogP contribution in [-0.4, -0.2) is 44.7 Å². The van der Waals surface area contributed by atoms with Gasteiger partial charge in [0, 0.05) is 0 Å². The van der Waals surface area contributed by atoms with Gasteiger partial charge in [0.05, 0.1) is 39.3 Å². The van der Waals surface area contributed by atoms with Crippen molar-refractivity contribution >= 4 is 0 Å². The minimum Gasteiger partial charge on any atom is -0.499 e. The first-order chi connectivity index (χ1) is 7.41. The Hall–Kier alpha value is -0.580. The average Bonchev–Trinajstić information content (AvgIpc) is 2.26. The van der Waals surface area contributed by atoms with Crippen LogP contribution in [0.4, 0.5) is 0 Å². The Balaban J connectivity index is 2.92. The molecule has 0 aliphatic rings.